The Kier molecular flexibility index (Phi) is 5.36. The quantitative estimate of drug-likeness (QED) is 0.816. The Balaban J connectivity index is 1.71. The van der Waals surface area contributed by atoms with Crippen LogP contribution in [0.3, 0.4) is 0 Å². The number of benzene rings is 1. The van der Waals surface area contributed by atoms with Gasteiger partial charge in [-0.25, -0.2) is 13.4 Å². The normalized spacial score (nSPS) is 19.0. The Morgan fingerprint density at radius 3 is 2.68 bits per heavy atom. The Hall–Kier alpha value is -1.97. The van der Waals surface area contributed by atoms with Crippen LogP contribution in [0.15, 0.2) is 35.5 Å². The van der Waals surface area contributed by atoms with Crippen LogP contribution >= 0.6 is 0 Å². The molecular formula is C16H23N5O3S. The predicted octanol–water partition coefficient (Wildman–Crippen LogP) is 0.896. The summed E-state index contributed by atoms with van der Waals surface area (Å²) >= 11 is 0. The summed E-state index contributed by atoms with van der Waals surface area (Å²) in [6.07, 6.45) is 4.16. The van der Waals surface area contributed by atoms with E-state index in [0.717, 1.165) is 19.3 Å². The van der Waals surface area contributed by atoms with Crippen molar-refractivity contribution in [1.29, 1.82) is 0 Å². The molecule has 1 atom stereocenters. The highest BCUT2D eigenvalue weighted by atomic mass is 32.2. The predicted molar refractivity (Wildman–Crippen MR) is 92.4 cm³/mol. The zero-order valence-electron chi connectivity index (χ0n) is 14.2. The second kappa shape index (κ2) is 7.51. The standard InChI is InChI=1S/C16H23N5O3S/c1-20-16(18-12-19-20)11-24-14-5-7-15(8-6-14)25(22,23)21-9-3-2-4-13(21)10-17/h5-8,12-13H,2-4,9-11,17H2,1H3/t13-/m0/s1. The third-order valence-corrected chi connectivity index (χ3v) is 6.41. The first-order valence-electron chi connectivity index (χ1n) is 8.30. The molecule has 25 heavy (non-hydrogen) atoms. The van der Waals surface area contributed by atoms with Crippen LogP contribution in [0, 0.1) is 0 Å². The van der Waals surface area contributed by atoms with Gasteiger partial charge in [-0.3, -0.25) is 4.68 Å². The molecule has 1 aliphatic rings. The number of aryl methyl sites for hydroxylation is 1. The smallest absolute Gasteiger partial charge is 0.243 e. The van der Waals surface area contributed by atoms with Crippen LogP contribution in [0.4, 0.5) is 0 Å². The molecule has 0 aliphatic carbocycles. The zero-order chi connectivity index (χ0) is 17.9. The lowest BCUT2D eigenvalue weighted by molar-refractivity contribution is 0.257. The molecule has 1 aromatic carbocycles. The maximum atomic E-state index is 12.9. The van der Waals surface area contributed by atoms with E-state index in [1.807, 2.05) is 0 Å². The molecule has 0 bridgehead atoms. The average Bonchev–Trinajstić information content (AvgIpc) is 3.05. The number of rotatable bonds is 6. The molecule has 9 heteroatoms. The van der Waals surface area contributed by atoms with Gasteiger partial charge in [-0.1, -0.05) is 6.42 Å². The lowest BCUT2D eigenvalue weighted by Gasteiger charge is -2.33. The summed E-state index contributed by atoms with van der Waals surface area (Å²) in [6.45, 7) is 1.14. The lowest BCUT2D eigenvalue weighted by Crippen LogP contribution is -2.47. The molecule has 3 rings (SSSR count). The van der Waals surface area contributed by atoms with Crippen LogP contribution in [-0.2, 0) is 23.7 Å². The van der Waals surface area contributed by atoms with E-state index >= 15 is 0 Å². The number of sulfonamides is 1. The molecule has 2 N–H and O–H groups in total. The molecule has 1 saturated heterocycles. The van der Waals surface area contributed by atoms with Gasteiger partial charge in [0, 0.05) is 26.2 Å². The maximum Gasteiger partial charge on any atom is 0.243 e. The van der Waals surface area contributed by atoms with Gasteiger partial charge in [0.25, 0.3) is 0 Å². The topological polar surface area (TPSA) is 103 Å². The second-order valence-corrected chi connectivity index (χ2v) is 7.95. The van der Waals surface area contributed by atoms with Gasteiger partial charge < -0.3 is 10.5 Å². The second-order valence-electron chi connectivity index (χ2n) is 6.06. The first kappa shape index (κ1) is 17.8. The summed E-state index contributed by atoms with van der Waals surface area (Å²) in [7, 11) is -1.75. The van der Waals surface area contributed by atoms with Gasteiger partial charge >= 0.3 is 0 Å². The molecule has 2 aromatic rings. The van der Waals surface area contributed by atoms with Gasteiger partial charge in [-0.15, -0.1) is 0 Å². The van der Waals surface area contributed by atoms with Crippen molar-refractivity contribution in [2.75, 3.05) is 13.1 Å². The summed E-state index contributed by atoms with van der Waals surface area (Å²) in [5, 5.41) is 3.97. The summed E-state index contributed by atoms with van der Waals surface area (Å²) in [4.78, 5) is 4.34. The zero-order valence-corrected chi connectivity index (χ0v) is 15.0. The molecule has 136 valence electrons. The highest BCUT2D eigenvalue weighted by molar-refractivity contribution is 7.89. The van der Waals surface area contributed by atoms with Crippen LogP contribution in [0.2, 0.25) is 0 Å². The number of ether oxygens (including phenoxy) is 1. The van der Waals surface area contributed by atoms with Crippen molar-refractivity contribution >= 4 is 10.0 Å². The fraction of sp³-hybridized carbons (Fsp3) is 0.500. The molecule has 0 saturated carbocycles. The van der Waals surface area contributed by atoms with Crippen molar-refractivity contribution in [2.45, 2.75) is 36.8 Å². The largest absolute Gasteiger partial charge is 0.486 e. The summed E-state index contributed by atoms with van der Waals surface area (Å²) in [6, 6.07) is 6.34. The monoisotopic (exact) mass is 365 g/mol. The Morgan fingerprint density at radius 1 is 1.28 bits per heavy atom. The van der Waals surface area contributed by atoms with Gasteiger partial charge in [0.15, 0.2) is 5.82 Å². The highest BCUT2D eigenvalue weighted by Gasteiger charge is 2.32. The average molecular weight is 365 g/mol. The van der Waals surface area contributed by atoms with Crippen LogP contribution in [-0.4, -0.2) is 46.6 Å². The highest BCUT2D eigenvalue weighted by Crippen LogP contribution is 2.26. The van der Waals surface area contributed by atoms with Gasteiger partial charge in [0.05, 0.1) is 4.90 Å². The first-order chi connectivity index (χ1) is 12.0. The SMILES string of the molecule is Cn1ncnc1COc1ccc(S(=O)(=O)N2CCCC[C@H]2CN)cc1. The van der Waals surface area contributed by atoms with E-state index in [1.54, 1.807) is 36.0 Å². The van der Waals surface area contributed by atoms with Gasteiger partial charge in [0.1, 0.15) is 18.7 Å². The molecule has 0 radical (unpaired) electrons. The van der Waals surface area contributed by atoms with Crippen LogP contribution in [0.25, 0.3) is 0 Å². The van der Waals surface area contributed by atoms with Crippen LogP contribution in [0.1, 0.15) is 25.1 Å². The summed E-state index contributed by atoms with van der Waals surface area (Å²) in [5.41, 5.74) is 5.75. The van der Waals surface area contributed by atoms with E-state index in [0.29, 0.717) is 24.7 Å². The fourth-order valence-corrected chi connectivity index (χ4v) is 4.67. The van der Waals surface area contributed by atoms with Crippen molar-refractivity contribution in [3.05, 3.63) is 36.4 Å². The van der Waals surface area contributed by atoms with Gasteiger partial charge in [-0.2, -0.15) is 9.40 Å². The van der Waals surface area contributed by atoms with E-state index in [-0.39, 0.29) is 17.5 Å². The van der Waals surface area contributed by atoms with Crippen molar-refractivity contribution < 1.29 is 13.2 Å². The number of nitrogens with two attached hydrogens (primary N) is 1. The minimum Gasteiger partial charge on any atom is -0.486 e. The minimum atomic E-state index is -3.53. The van der Waals surface area contributed by atoms with Gasteiger partial charge in [-0.05, 0) is 37.1 Å². The van der Waals surface area contributed by atoms with E-state index in [1.165, 1.54) is 10.6 Å². The molecule has 1 fully saturated rings. The summed E-state index contributed by atoms with van der Waals surface area (Å²) < 4.78 is 34.5. The fourth-order valence-electron chi connectivity index (χ4n) is 2.97. The Bertz CT molecular complexity index is 803. The van der Waals surface area contributed by atoms with Crippen molar-refractivity contribution in [3.8, 4) is 5.75 Å². The number of aromatic nitrogens is 3. The molecule has 0 amide bonds. The van der Waals surface area contributed by atoms with Crippen molar-refractivity contribution in [2.24, 2.45) is 12.8 Å². The third-order valence-electron chi connectivity index (χ3n) is 4.45. The minimum absolute atomic E-state index is 0.120. The van der Waals surface area contributed by atoms with E-state index < -0.39 is 10.0 Å². The van der Waals surface area contributed by atoms with Crippen molar-refractivity contribution in [3.63, 3.8) is 0 Å². The number of piperidine rings is 1. The van der Waals surface area contributed by atoms with E-state index in [4.69, 9.17) is 10.5 Å². The first-order valence-corrected chi connectivity index (χ1v) is 9.74. The molecule has 0 unspecified atom stereocenters. The molecular weight excluding hydrogens is 342 g/mol. The Morgan fingerprint density at radius 2 is 2.04 bits per heavy atom. The number of nitrogens with zero attached hydrogens (tertiary/aromatic N) is 4. The Labute approximate surface area is 147 Å². The molecule has 0 spiro atoms. The third kappa shape index (κ3) is 3.83. The van der Waals surface area contributed by atoms with E-state index in [9.17, 15) is 8.42 Å². The molecule has 1 aromatic heterocycles. The molecule has 1 aliphatic heterocycles. The van der Waals surface area contributed by atoms with E-state index in [2.05, 4.69) is 10.1 Å². The van der Waals surface area contributed by atoms with Gasteiger partial charge in [0.2, 0.25) is 10.0 Å². The molecule has 2 heterocycles. The maximum absolute atomic E-state index is 12.9. The van der Waals surface area contributed by atoms with Crippen LogP contribution < -0.4 is 10.5 Å². The lowest BCUT2D eigenvalue weighted by atomic mass is 10.1. The van der Waals surface area contributed by atoms with Crippen molar-refractivity contribution in [1.82, 2.24) is 19.1 Å². The number of hydrogen-bond acceptors (Lipinski definition) is 6. The van der Waals surface area contributed by atoms with Crippen LogP contribution in [0.5, 0.6) is 5.75 Å². The molecule has 8 nitrogen and oxygen atoms in total. The summed E-state index contributed by atoms with van der Waals surface area (Å²) in [5.74, 6) is 1.27. The number of hydrogen-bond donors (Lipinski definition) is 1.